The van der Waals surface area contributed by atoms with Crippen molar-refractivity contribution in [2.45, 2.75) is 63.0 Å². The molecule has 4 rings (SSSR count). The van der Waals surface area contributed by atoms with Crippen LogP contribution < -0.4 is 15.2 Å². The van der Waals surface area contributed by atoms with Crippen LogP contribution in [0.3, 0.4) is 0 Å². The van der Waals surface area contributed by atoms with Crippen LogP contribution in [0.15, 0.2) is 54.9 Å². The Bertz CT molecular complexity index is 1250. The summed E-state index contributed by atoms with van der Waals surface area (Å²) in [7, 11) is 0. The Morgan fingerprint density at radius 2 is 1.76 bits per heavy atom. The van der Waals surface area contributed by atoms with Gasteiger partial charge in [0.15, 0.2) is 0 Å². The van der Waals surface area contributed by atoms with Crippen molar-refractivity contribution in [1.82, 2.24) is 9.97 Å². The maximum Gasteiger partial charge on any atom is 0.429 e. The van der Waals surface area contributed by atoms with Crippen LogP contribution in [-0.4, -0.2) is 39.4 Å². The molecule has 1 aliphatic rings. The summed E-state index contributed by atoms with van der Waals surface area (Å²) in [6, 6.07) is 9.73. The minimum absolute atomic E-state index is 0.115. The van der Waals surface area contributed by atoms with E-state index in [-0.39, 0.29) is 29.7 Å². The third-order valence-electron chi connectivity index (χ3n) is 6.30. The highest BCUT2D eigenvalue weighted by Gasteiger charge is 2.45. The predicted octanol–water partition coefficient (Wildman–Crippen LogP) is 5.63. The zero-order chi connectivity index (χ0) is 27.3. The number of carboxylic acids is 1. The third kappa shape index (κ3) is 6.97. The summed E-state index contributed by atoms with van der Waals surface area (Å²) >= 11 is 0. The van der Waals surface area contributed by atoms with Crippen LogP contribution in [0, 0.1) is 5.82 Å². The van der Waals surface area contributed by atoms with Crippen molar-refractivity contribution in [1.29, 1.82) is 0 Å². The molecule has 38 heavy (non-hydrogen) atoms. The van der Waals surface area contributed by atoms with Gasteiger partial charge in [-0.15, -0.1) is 0 Å². The molecule has 11 heteroatoms. The van der Waals surface area contributed by atoms with Crippen molar-refractivity contribution in [2.24, 2.45) is 5.73 Å². The molecule has 2 atom stereocenters. The van der Waals surface area contributed by atoms with E-state index < -0.39 is 30.1 Å². The maximum atomic E-state index is 14.2. The molecule has 2 unspecified atom stereocenters. The van der Waals surface area contributed by atoms with E-state index in [1.807, 2.05) is 0 Å². The zero-order valence-electron chi connectivity index (χ0n) is 20.3. The number of rotatable bonds is 9. The minimum atomic E-state index is -4.85. The SMILES string of the molecule is NC(Cc1ccc(-c2cc(OC(c3ccc(F)cc3OC3CCCCC3)C(F)(F)F)ncn2)cc1)C(=O)O. The fourth-order valence-corrected chi connectivity index (χ4v) is 4.33. The molecule has 2 aromatic carbocycles. The third-order valence-corrected chi connectivity index (χ3v) is 6.30. The second kappa shape index (κ2) is 11.8. The number of hydrogen-bond acceptors (Lipinski definition) is 6. The average Bonchev–Trinajstić information content (AvgIpc) is 2.88. The van der Waals surface area contributed by atoms with Gasteiger partial charge in [-0.3, -0.25) is 4.79 Å². The first-order valence-electron chi connectivity index (χ1n) is 12.2. The van der Waals surface area contributed by atoms with Crippen LogP contribution in [0.25, 0.3) is 11.3 Å². The van der Waals surface area contributed by atoms with E-state index in [9.17, 15) is 22.4 Å². The van der Waals surface area contributed by atoms with Crippen LogP contribution in [0.5, 0.6) is 11.6 Å². The molecule has 7 nitrogen and oxygen atoms in total. The van der Waals surface area contributed by atoms with Crippen molar-refractivity contribution in [3.8, 4) is 22.9 Å². The molecule has 1 aliphatic carbocycles. The lowest BCUT2D eigenvalue weighted by Crippen LogP contribution is -2.32. The Balaban J connectivity index is 1.58. The van der Waals surface area contributed by atoms with Gasteiger partial charge in [-0.25, -0.2) is 14.4 Å². The first kappa shape index (κ1) is 27.3. The molecular weight excluding hydrogens is 506 g/mol. The summed E-state index contributed by atoms with van der Waals surface area (Å²) in [5.74, 6) is -2.37. The van der Waals surface area contributed by atoms with Crippen LogP contribution in [-0.2, 0) is 11.2 Å². The maximum absolute atomic E-state index is 14.2. The van der Waals surface area contributed by atoms with Gasteiger partial charge in [-0.05, 0) is 49.8 Å². The molecule has 0 amide bonds. The standard InChI is InChI=1S/C27H27F4N3O4/c28-18-10-11-20(23(13-18)37-19-4-2-1-3-5-19)25(27(29,30)31)38-24-14-22(33-15-34-24)17-8-6-16(7-9-17)12-21(32)26(35)36/h6-11,13-15,19,21,25H,1-5,12,32H2,(H,35,36). The molecule has 3 aromatic rings. The summed E-state index contributed by atoms with van der Waals surface area (Å²) in [4.78, 5) is 18.9. The molecule has 202 valence electrons. The highest BCUT2D eigenvalue weighted by molar-refractivity contribution is 5.73. The van der Waals surface area contributed by atoms with Crippen molar-refractivity contribution in [3.63, 3.8) is 0 Å². The van der Waals surface area contributed by atoms with Crippen molar-refractivity contribution in [2.75, 3.05) is 0 Å². The smallest absolute Gasteiger partial charge is 0.429 e. The molecule has 0 spiro atoms. The Hall–Kier alpha value is -3.73. The Morgan fingerprint density at radius 3 is 2.42 bits per heavy atom. The van der Waals surface area contributed by atoms with E-state index in [1.165, 1.54) is 6.07 Å². The summed E-state index contributed by atoms with van der Waals surface area (Å²) in [5.41, 5.74) is 6.74. The van der Waals surface area contributed by atoms with Gasteiger partial charge in [0.2, 0.25) is 12.0 Å². The number of carbonyl (C=O) groups is 1. The lowest BCUT2D eigenvalue weighted by atomic mass is 9.97. The first-order valence-corrected chi connectivity index (χ1v) is 12.2. The van der Waals surface area contributed by atoms with E-state index in [0.717, 1.165) is 43.8 Å². The van der Waals surface area contributed by atoms with E-state index in [2.05, 4.69) is 9.97 Å². The van der Waals surface area contributed by atoms with Crippen LogP contribution in [0.1, 0.15) is 49.3 Å². The Kier molecular flexibility index (Phi) is 8.45. The fraction of sp³-hybridized carbons (Fsp3) is 0.370. The fourth-order valence-electron chi connectivity index (χ4n) is 4.33. The van der Waals surface area contributed by atoms with Crippen molar-refractivity contribution < 1.29 is 36.9 Å². The second-order valence-corrected chi connectivity index (χ2v) is 9.19. The summed E-state index contributed by atoms with van der Waals surface area (Å²) < 4.78 is 67.8. The van der Waals surface area contributed by atoms with Gasteiger partial charge in [0.25, 0.3) is 0 Å². The van der Waals surface area contributed by atoms with Gasteiger partial charge in [-0.1, -0.05) is 30.7 Å². The number of aromatic nitrogens is 2. The molecule has 0 saturated heterocycles. The predicted molar refractivity (Wildman–Crippen MR) is 130 cm³/mol. The highest BCUT2D eigenvalue weighted by atomic mass is 19.4. The molecule has 0 bridgehead atoms. The van der Waals surface area contributed by atoms with E-state index in [1.54, 1.807) is 24.3 Å². The number of hydrogen-bond donors (Lipinski definition) is 2. The summed E-state index contributed by atoms with van der Waals surface area (Å²) in [5, 5.41) is 8.97. The van der Waals surface area contributed by atoms with Gasteiger partial charge >= 0.3 is 12.1 Å². The molecule has 1 saturated carbocycles. The number of carboxylic acid groups (broad SMARTS) is 1. The van der Waals surface area contributed by atoms with E-state index in [0.29, 0.717) is 29.7 Å². The van der Waals surface area contributed by atoms with E-state index in [4.69, 9.17) is 20.3 Å². The summed E-state index contributed by atoms with van der Waals surface area (Å²) in [6.45, 7) is 0. The number of nitrogens with zero attached hydrogens (tertiary/aromatic N) is 2. The number of aliphatic carboxylic acids is 1. The molecule has 0 aliphatic heterocycles. The van der Waals surface area contributed by atoms with Gasteiger partial charge in [0, 0.05) is 23.3 Å². The number of nitrogens with two attached hydrogens (primary N) is 1. The Morgan fingerprint density at radius 1 is 1.05 bits per heavy atom. The second-order valence-electron chi connectivity index (χ2n) is 9.19. The zero-order valence-corrected chi connectivity index (χ0v) is 20.3. The molecule has 3 N–H and O–H groups in total. The normalized spacial score (nSPS) is 16.0. The average molecular weight is 534 g/mol. The minimum Gasteiger partial charge on any atom is -0.490 e. The largest absolute Gasteiger partial charge is 0.490 e. The van der Waals surface area contributed by atoms with Crippen LogP contribution >= 0.6 is 0 Å². The quantitative estimate of drug-likeness (QED) is 0.343. The van der Waals surface area contributed by atoms with Crippen molar-refractivity contribution in [3.05, 3.63) is 71.8 Å². The van der Waals surface area contributed by atoms with Crippen LogP contribution in [0.4, 0.5) is 17.6 Å². The molecule has 1 fully saturated rings. The molecule has 1 aromatic heterocycles. The van der Waals surface area contributed by atoms with Gasteiger partial charge < -0.3 is 20.3 Å². The first-order chi connectivity index (χ1) is 18.1. The highest BCUT2D eigenvalue weighted by Crippen LogP contribution is 2.41. The lowest BCUT2D eigenvalue weighted by molar-refractivity contribution is -0.199. The van der Waals surface area contributed by atoms with Crippen LogP contribution in [0.2, 0.25) is 0 Å². The number of alkyl halides is 3. The van der Waals surface area contributed by atoms with Gasteiger partial charge in [0.05, 0.1) is 11.8 Å². The van der Waals surface area contributed by atoms with E-state index >= 15 is 0 Å². The molecule has 1 heterocycles. The molecular formula is C27H27F4N3O4. The number of halogens is 4. The Labute approximate surface area is 216 Å². The topological polar surface area (TPSA) is 108 Å². The number of ether oxygens (including phenoxy) is 2. The van der Waals surface area contributed by atoms with Gasteiger partial charge in [0.1, 0.15) is 23.9 Å². The lowest BCUT2D eigenvalue weighted by Gasteiger charge is -2.27. The number of benzene rings is 2. The monoisotopic (exact) mass is 533 g/mol. The van der Waals surface area contributed by atoms with Gasteiger partial charge in [-0.2, -0.15) is 13.2 Å². The summed E-state index contributed by atoms with van der Waals surface area (Å²) in [6.07, 6.45) is -2.22. The van der Waals surface area contributed by atoms with Crippen molar-refractivity contribution >= 4 is 5.97 Å². The molecule has 0 radical (unpaired) electrons.